The summed E-state index contributed by atoms with van der Waals surface area (Å²) >= 11 is 0. The molecule has 2 rings (SSSR count). The van der Waals surface area contributed by atoms with Crippen molar-refractivity contribution in [1.82, 2.24) is 10.3 Å². The lowest BCUT2D eigenvalue weighted by atomic mass is 9.86. The molecule has 0 fully saturated rings. The number of pyridine rings is 1. The highest BCUT2D eigenvalue weighted by molar-refractivity contribution is 14.0. The molecule has 0 unspecified atom stereocenters. The van der Waals surface area contributed by atoms with Gasteiger partial charge < -0.3 is 11.1 Å². The van der Waals surface area contributed by atoms with Crippen LogP contribution in [-0.2, 0) is 12.8 Å². The fourth-order valence-corrected chi connectivity index (χ4v) is 2.42. The van der Waals surface area contributed by atoms with Crippen LogP contribution in [0.3, 0.4) is 0 Å². The zero-order valence-electron chi connectivity index (χ0n) is 14.4. The highest BCUT2D eigenvalue weighted by Gasteiger charge is 2.18. The van der Waals surface area contributed by atoms with E-state index in [1.165, 1.54) is 5.56 Å². The Bertz CT molecular complexity index is 612. The molecule has 0 saturated heterocycles. The Labute approximate surface area is 162 Å². The van der Waals surface area contributed by atoms with Crippen molar-refractivity contribution in [2.45, 2.75) is 26.7 Å². The molecule has 0 saturated carbocycles. The zero-order chi connectivity index (χ0) is 16.5. The molecule has 0 aliphatic heterocycles. The van der Waals surface area contributed by atoms with E-state index in [-0.39, 0.29) is 29.4 Å². The molecule has 0 bridgehead atoms. The molecule has 0 atom stereocenters. The van der Waals surface area contributed by atoms with Crippen LogP contribution in [0.4, 0.5) is 0 Å². The molecule has 130 valence electrons. The predicted molar refractivity (Wildman–Crippen MR) is 112 cm³/mol. The van der Waals surface area contributed by atoms with E-state index in [2.05, 4.69) is 53.4 Å². The van der Waals surface area contributed by atoms with Gasteiger partial charge in [-0.05, 0) is 29.5 Å². The van der Waals surface area contributed by atoms with Gasteiger partial charge in [-0.25, -0.2) is 0 Å². The lowest BCUT2D eigenvalue weighted by Crippen LogP contribution is -2.34. The number of guanidine groups is 1. The fourth-order valence-electron chi connectivity index (χ4n) is 2.42. The summed E-state index contributed by atoms with van der Waals surface area (Å²) < 4.78 is 0. The first kappa shape index (κ1) is 20.4. The summed E-state index contributed by atoms with van der Waals surface area (Å²) in [7, 11) is 0. The van der Waals surface area contributed by atoms with Crippen molar-refractivity contribution in [3.8, 4) is 0 Å². The average molecular weight is 438 g/mol. The van der Waals surface area contributed by atoms with E-state index in [4.69, 9.17) is 5.73 Å². The van der Waals surface area contributed by atoms with Crippen LogP contribution in [0.25, 0.3) is 0 Å². The van der Waals surface area contributed by atoms with Crippen molar-refractivity contribution in [3.05, 3.63) is 66.0 Å². The molecule has 5 heteroatoms. The Morgan fingerprint density at radius 1 is 1.12 bits per heavy atom. The largest absolute Gasteiger partial charge is 0.370 e. The maximum Gasteiger partial charge on any atom is 0.188 e. The summed E-state index contributed by atoms with van der Waals surface area (Å²) in [5.74, 6) is 0.502. The maximum absolute atomic E-state index is 5.96. The second-order valence-electron chi connectivity index (χ2n) is 6.53. The van der Waals surface area contributed by atoms with E-state index in [9.17, 15) is 0 Å². The standard InChI is InChI=1S/C19H26N4.HI/c1-19(2,14-16-8-4-3-5-9-16)15-23-18(20)22-13-11-17-10-6-7-12-21-17;/h3-10,12H,11,13-15H2,1-2H3,(H3,20,22,23);1H. The van der Waals surface area contributed by atoms with Crippen LogP contribution >= 0.6 is 24.0 Å². The molecule has 24 heavy (non-hydrogen) atoms. The van der Waals surface area contributed by atoms with E-state index >= 15 is 0 Å². The van der Waals surface area contributed by atoms with Gasteiger partial charge >= 0.3 is 0 Å². The third-order valence-corrected chi connectivity index (χ3v) is 3.62. The Hall–Kier alpha value is -1.63. The van der Waals surface area contributed by atoms with Crippen molar-refractivity contribution in [1.29, 1.82) is 0 Å². The molecule has 1 aromatic heterocycles. The van der Waals surface area contributed by atoms with Gasteiger partial charge in [0.25, 0.3) is 0 Å². The van der Waals surface area contributed by atoms with Gasteiger partial charge in [0.05, 0.1) is 0 Å². The molecule has 4 nitrogen and oxygen atoms in total. The van der Waals surface area contributed by atoms with Gasteiger partial charge in [-0.3, -0.25) is 9.98 Å². The molecule has 3 N–H and O–H groups in total. The van der Waals surface area contributed by atoms with Crippen molar-refractivity contribution in [2.75, 3.05) is 13.1 Å². The zero-order valence-corrected chi connectivity index (χ0v) is 16.7. The smallest absolute Gasteiger partial charge is 0.188 e. The second-order valence-corrected chi connectivity index (χ2v) is 6.53. The number of rotatable bonds is 7. The number of aliphatic imine (C=N–C) groups is 1. The third kappa shape index (κ3) is 7.77. The Balaban J connectivity index is 0.00000288. The lowest BCUT2D eigenvalue weighted by molar-refractivity contribution is 0.377. The van der Waals surface area contributed by atoms with Crippen LogP contribution in [0.1, 0.15) is 25.1 Å². The summed E-state index contributed by atoms with van der Waals surface area (Å²) in [4.78, 5) is 8.77. The van der Waals surface area contributed by atoms with E-state index < -0.39 is 0 Å². The molecule has 1 heterocycles. The second kappa shape index (κ2) is 10.3. The molecule has 2 aromatic rings. The number of benzene rings is 1. The summed E-state index contributed by atoms with van der Waals surface area (Å²) in [5, 5.41) is 3.16. The minimum Gasteiger partial charge on any atom is -0.370 e. The first-order valence-electron chi connectivity index (χ1n) is 8.03. The highest BCUT2D eigenvalue weighted by Crippen LogP contribution is 2.21. The molecule has 0 amide bonds. The van der Waals surface area contributed by atoms with Crippen molar-refractivity contribution < 1.29 is 0 Å². The maximum atomic E-state index is 5.96. The van der Waals surface area contributed by atoms with Crippen LogP contribution in [0, 0.1) is 5.41 Å². The van der Waals surface area contributed by atoms with E-state index in [0.29, 0.717) is 12.5 Å². The quantitative estimate of drug-likeness (QED) is 0.396. The molecule has 0 aliphatic carbocycles. The summed E-state index contributed by atoms with van der Waals surface area (Å²) in [6, 6.07) is 16.4. The van der Waals surface area contributed by atoms with Gasteiger partial charge in [-0.15, -0.1) is 24.0 Å². The minimum absolute atomic E-state index is 0. The van der Waals surface area contributed by atoms with E-state index in [1.807, 2.05) is 24.3 Å². The first-order chi connectivity index (χ1) is 11.1. The van der Waals surface area contributed by atoms with Gasteiger partial charge in [-0.2, -0.15) is 0 Å². The predicted octanol–water partition coefficient (Wildman–Crippen LogP) is 3.42. The Morgan fingerprint density at radius 2 is 1.83 bits per heavy atom. The molecule has 0 radical (unpaired) electrons. The van der Waals surface area contributed by atoms with Crippen LogP contribution in [0.15, 0.2) is 59.7 Å². The molecule has 0 aliphatic rings. The normalized spacial score (nSPS) is 11.7. The van der Waals surface area contributed by atoms with E-state index in [1.54, 1.807) is 6.20 Å². The molecular formula is C19H27IN4. The Kier molecular flexibility index (Phi) is 8.74. The Morgan fingerprint density at radius 3 is 2.50 bits per heavy atom. The van der Waals surface area contributed by atoms with Gasteiger partial charge in [0.15, 0.2) is 5.96 Å². The van der Waals surface area contributed by atoms with Gasteiger partial charge in [0.1, 0.15) is 0 Å². The van der Waals surface area contributed by atoms with E-state index in [0.717, 1.165) is 25.1 Å². The van der Waals surface area contributed by atoms with Crippen LogP contribution in [0.5, 0.6) is 0 Å². The minimum atomic E-state index is 0. The SMILES string of the molecule is CC(C)(CN=C(N)NCCc1ccccn1)Cc1ccccc1.I. The van der Waals surface area contributed by atoms with Crippen LogP contribution in [0.2, 0.25) is 0 Å². The number of nitrogens with two attached hydrogens (primary N) is 1. The number of aromatic nitrogens is 1. The van der Waals surface area contributed by atoms with Crippen LogP contribution in [-0.4, -0.2) is 24.0 Å². The lowest BCUT2D eigenvalue weighted by Gasteiger charge is -2.22. The third-order valence-electron chi connectivity index (χ3n) is 3.62. The number of nitrogens with zero attached hydrogens (tertiary/aromatic N) is 2. The highest BCUT2D eigenvalue weighted by atomic mass is 127. The number of hydrogen-bond donors (Lipinski definition) is 2. The van der Waals surface area contributed by atoms with Crippen molar-refractivity contribution >= 4 is 29.9 Å². The fraction of sp³-hybridized carbons (Fsp3) is 0.368. The topological polar surface area (TPSA) is 63.3 Å². The van der Waals surface area contributed by atoms with Gasteiger partial charge in [0, 0.05) is 31.4 Å². The monoisotopic (exact) mass is 438 g/mol. The number of nitrogens with one attached hydrogen (secondary N) is 1. The van der Waals surface area contributed by atoms with Crippen molar-refractivity contribution in [2.24, 2.45) is 16.1 Å². The number of hydrogen-bond acceptors (Lipinski definition) is 2. The number of halogens is 1. The molecule has 0 spiro atoms. The first-order valence-corrected chi connectivity index (χ1v) is 8.03. The van der Waals surface area contributed by atoms with Crippen LogP contribution < -0.4 is 11.1 Å². The van der Waals surface area contributed by atoms with Gasteiger partial charge in [0.2, 0.25) is 0 Å². The summed E-state index contributed by atoms with van der Waals surface area (Å²) in [6.45, 7) is 5.87. The molecule has 1 aromatic carbocycles. The molecular weight excluding hydrogens is 411 g/mol. The van der Waals surface area contributed by atoms with Crippen molar-refractivity contribution in [3.63, 3.8) is 0 Å². The van der Waals surface area contributed by atoms with Gasteiger partial charge in [-0.1, -0.05) is 50.2 Å². The average Bonchev–Trinajstić information content (AvgIpc) is 2.55. The summed E-state index contributed by atoms with van der Waals surface area (Å²) in [6.07, 6.45) is 3.63. The summed E-state index contributed by atoms with van der Waals surface area (Å²) in [5.41, 5.74) is 8.42.